The molecule has 0 aliphatic carbocycles. The molecule has 2 aromatic heterocycles. The van der Waals surface area contributed by atoms with E-state index in [9.17, 15) is 0 Å². The Hall–Kier alpha value is -1.26. The van der Waals surface area contributed by atoms with Crippen LogP contribution in [0.1, 0.15) is 5.56 Å². The maximum Gasteiger partial charge on any atom is 0.151 e. The van der Waals surface area contributed by atoms with Crippen molar-refractivity contribution in [3.63, 3.8) is 0 Å². The fraction of sp³-hybridized carbons (Fsp3) is 0.0714. The Morgan fingerprint density at radius 3 is 2.67 bits per heavy atom. The van der Waals surface area contributed by atoms with Crippen LogP contribution in [0.4, 0.5) is 0 Å². The molecule has 0 fully saturated rings. The third-order valence-electron chi connectivity index (χ3n) is 2.73. The second-order valence-electron chi connectivity index (χ2n) is 4.08. The second kappa shape index (κ2) is 4.78. The van der Waals surface area contributed by atoms with Crippen LogP contribution in [0.2, 0.25) is 0 Å². The molecule has 0 bridgehead atoms. The molecule has 0 N–H and O–H groups in total. The number of aromatic nitrogens is 2. The molecule has 3 rings (SSSR count). The van der Waals surface area contributed by atoms with Gasteiger partial charge in [-0.05, 0) is 59.1 Å². The number of fused-ring (bicyclic) bond motifs is 1. The van der Waals surface area contributed by atoms with Gasteiger partial charge in [0.05, 0.1) is 0 Å². The number of hydrogen-bond donors (Lipinski definition) is 0. The van der Waals surface area contributed by atoms with Crippen molar-refractivity contribution in [3.8, 4) is 0 Å². The lowest BCUT2D eigenvalue weighted by molar-refractivity contribution is 1.24. The van der Waals surface area contributed by atoms with E-state index >= 15 is 0 Å². The van der Waals surface area contributed by atoms with Gasteiger partial charge in [-0.3, -0.25) is 3.97 Å². The van der Waals surface area contributed by atoms with Gasteiger partial charge in [-0.15, -0.1) is 0 Å². The number of hydrogen-bond acceptors (Lipinski definition) is 2. The van der Waals surface area contributed by atoms with Crippen LogP contribution in [-0.2, 0) is 0 Å². The van der Waals surface area contributed by atoms with Crippen LogP contribution in [-0.4, -0.2) is 8.96 Å². The highest BCUT2D eigenvalue weighted by atomic mass is 79.9. The van der Waals surface area contributed by atoms with Gasteiger partial charge in [0, 0.05) is 27.1 Å². The minimum Gasteiger partial charge on any atom is -0.271 e. The molecule has 0 aliphatic heterocycles. The molecule has 0 unspecified atom stereocenters. The number of nitrogens with zero attached hydrogens (tertiary/aromatic N) is 2. The van der Waals surface area contributed by atoms with Crippen molar-refractivity contribution in [2.75, 3.05) is 0 Å². The van der Waals surface area contributed by atoms with E-state index in [1.165, 1.54) is 10.5 Å². The highest BCUT2D eigenvalue weighted by molar-refractivity contribution is 9.10. The summed E-state index contributed by atoms with van der Waals surface area (Å²) in [5, 5.41) is 1.14. The van der Waals surface area contributed by atoms with E-state index in [2.05, 4.69) is 62.1 Å². The summed E-state index contributed by atoms with van der Waals surface area (Å²) in [6.07, 6.45) is 3.87. The molecule has 0 atom stereocenters. The van der Waals surface area contributed by atoms with Crippen molar-refractivity contribution in [1.82, 2.24) is 8.96 Å². The SMILES string of the molecule is Cc1ccc(Sn2ccc3c(Br)ccnc32)cc1. The zero-order chi connectivity index (χ0) is 12.5. The minimum absolute atomic E-state index is 0.981. The minimum atomic E-state index is 0.981. The molecule has 0 amide bonds. The summed E-state index contributed by atoms with van der Waals surface area (Å²) in [6, 6.07) is 12.5. The van der Waals surface area contributed by atoms with Gasteiger partial charge >= 0.3 is 0 Å². The van der Waals surface area contributed by atoms with Crippen molar-refractivity contribution >= 4 is 38.9 Å². The number of aryl methyl sites for hydroxylation is 1. The molecule has 0 saturated heterocycles. The number of pyridine rings is 1. The fourth-order valence-corrected chi connectivity index (χ4v) is 3.03. The number of halogens is 1. The normalized spacial score (nSPS) is 11.0. The Bertz CT molecular complexity index is 689. The van der Waals surface area contributed by atoms with Gasteiger partial charge in [-0.1, -0.05) is 17.7 Å². The first-order chi connectivity index (χ1) is 8.74. The van der Waals surface area contributed by atoms with E-state index in [0.717, 1.165) is 15.5 Å². The summed E-state index contributed by atoms with van der Waals surface area (Å²) in [7, 11) is 0. The second-order valence-corrected chi connectivity index (χ2v) is 5.98. The van der Waals surface area contributed by atoms with E-state index in [-0.39, 0.29) is 0 Å². The lowest BCUT2D eigenvalue weighted by Crippen LogP contribution is -1.87. The average Bonchev–Trinajstić information content (AvgIpc) is 2.77. The van der Waals surface area contributed by atoms with Crippen molar-refractivity contribution in [2.45, 2.75) is 11.8 Å². The Labute approximate surface area is 118 Å². The van der Waals surface area contributed by atoms with E-state index in [1.807, 2.05) is 18.5 Å². The molecule has 90 valence electrons. The molecule has 0 aliphatic rings. The number of benzene rings is 1. The van der Waals surface area contributed by atoms with Crippen molar-refractivity contribution < 1.29 is 0 Å². The van der Waals surface area contributed by atoms with Gasteiger partial charge in [0.2, 0.25) is 0 Å². The van der Waals surface area contributed by atoms with E-state index in [4.69, 9.17) is 0 Å². The van der Waals surface area contributed by atoms with Gasteiger partial charge in [0.15, 0.2) is 5.65 Å². The van der Waals surface area contributed by atoms with Gasteiger partial charge in [0.1, 0.15) is 0 Å². The van der Waals surface area contributed by atoms with E-state index in [1.54, 1.807) is 11.9 Å². The third kappa shape index (κ3) is 2.18. The van der Waals surface area contributed by atoms with Crippen LogP contribution >= 0.6 is 27.9 Å². The van der Waals surface area contributed by atoms with Crippen LogP contribution in [0, 0.1) is 6.92 Å². The zero-order valence-corrected chi connectivity index (χ0v) is 12.2. The topological polar surface area (TPSA) is 17.8 Å². The van der Waals surface area contributed by atoms with Crippen molar-refractivity contribution in [3.05, 3.63) is 58.8 Å². The lowest BCUT2D eigenvalue weighted by Gasteiger charge is -2.04. The molecule has 1 aromatic carbocycles. The largest absolute Gasteiger partial charge is 0.271 e. The Morgan fingerprint density at radius 1 is 1.11 bits per heavy atom. The van der Waals surface area contributed by atoms with Crippen LogP contribution in [0.5, 0.6) is 0 Å². The molecule has 0 radical (unpaired) electrons. The highest BCUT2D eigenvalue weighted by Crippen LogP contribution is 2.29. The first-order valence-electron chi connectivity index (χ1n) is 5.60. The predicted molar refractivity (Wildman–Crippen MR) is 79.9 cm³/mol. The van der Waals surface area contributed by atoms with Gasteiger partial charge in [0.25, 0.3) is 0 Å². The first kappa shape index (κ1) is 11.8. The van der Waals surface area contributed by atoms with E-state index < -0.39 is 0 Å². The van der Waals surface area contributed by atoms with Crippen LogP contribution < -0.4 is 0 Å². The molecule has 18 heavy (non-hydrogen) atoms. The molecule has 0 saturated carbocycles. The van der Waals surface area contributed by atoms with Crippen LogP contribution in [0.3, 0.4) is 0 Å². The molecule has 3 aromatic rings. The smallest absolute Gasteiger partial charge is 0.151 e. The summed E-state index contributed by atoms with van der Waals surface area (Å²) < 4.78 is 3.17. The monoisotopic (exact) mass is 318 g/mol. The Balaban J connectivity index is 2.00. The summed E-state index contributed by atoms with van der Waals surface area (Å²) in [5.74, 6) is 0. The summed E-state index contributed by atoms with van der Waals surface area (Å²) in [6.45, 7) is 2.10. The summed E-state index contributed by atoms with van der Waals surface area (Å²) >= 11 is 5.22. The van der Waals surface area contributed by atoms with Gasteiger partial charge in [-0.25, -0.2) is 4.98 Å². The molecular formula is C14H11BrN2S. The lowest BCUT2D eigenvalue weighted by atomic mass is 10.2. The standard InChI is InChI=1S/C14H11BrN2S/c1-10-2-4-11(5-3-10)18-17-9-7-12-13(15)6-8-16-14(12)17/h2-9H,1H3. The van der Waals surface area contributed by atoms with Crippen LogP contribution in [0.15, 0.2) is 58.2 Å². The highest BCUT2D eigenvalue weighted by Gasteiger charge is 2.06. The molecular weight excluding hydrogens is 308 g/mol. The average molecular weight is 319 g/mol. The summed E-state index contributed by atoms with van der Waals surface area (Å²) in [5.41, 5.74) is 2.26. The van der Waals surface area contributed by atoms with Crippen molar-refractivity contribution in [2.24, 2.45) is 0 Å². The predicted octanol–water partition coefficient (Wildman–Crippen LogP) is 4.66. The molecule has 4 heteroatoms. The quantitative estimate of drug-likeness (QED) is 0.683. The number of rotatable bonds is 2. The van der Waals surface area contributed by atoms with E-state index in [0.29, 0.717) is 0 Å². The maximum atomic E-state index is 4.43. The maximum absolute atomic E-state index is 4.43. The molecule has 2 nitrogen and oxygen atoms in total. The zero-order valence-electron chi connectivity index (χ0n) is 9.80. The van der Waals surface area contributed by atoms with Crippen LogP contribution in [0.25, 0.3) is 11.0 Å². The molecule has 2 heterocycles. The Kier molecular flexibility index (Phi) is 3.14. The van der Waals surface area contributed by atoms with Gasteiger partial charge < -0.3 is 0 Å². The van der Waals surface area contributed by atoms with Gasteiger partial charge in [-0.2, -0.15) is 0 Å². The Morgan fingerprint density at radius 2 is 1.89 bits per heavy atom. The summed E-state index contributed by atoms with van der Waals surface area (Å²) in [4.78, 5) is 5.64. The molecule has 0 spiro atoms. The fourth-order valence-electron chi connectivity index (χ4n) is 1.77. The first-order valence-corrected chi connectivity index (χ1v) is 7.17. The van der Waals surface area contributed by atoms with Crippen molar-refractivity contribution in [1.29, 1.82) is 0 Å². The third-order valence-corrected chi connectivity index (χ3v) is 4.39.